The molecule has 1 N–H and O–H groups in total. The summed E-state index contributed by atoms with van der Waals surface area (Å²) in [5.74, 6) is -1.19. The van der Waals surface area contributed by atoms with E-state index in [0.717, 1.165) is 44.8 Å². The maximum atomic E-state index is 14.9. The number of rotatable bonds is 4. The Morgan fingerprint density at radius 1 is 1.17 bits per heavy atom. The minimum Gasteiger partial charge on any atom is -0.378 e. The molecule has 0 atom stereocenters. The molecule has 4 heterocycles. The molecule has 36 heavy (non-hydrogen) atoms. The lowest BCUT2D eigenvalue weighted by Gasteiger charge is -2.29. The van der Waals surface area contributed by atoms with Gasteiger partial charge in [-0.1, -0.05) is 6.07 Å². The van der Waals surface area contributed by atoms with E-state index in [-0.39, 0.29) is 5.56 Å². The number of morpholine rings is 1. The van der Waals surface area contributed by atoms with Crippen LogP contribution >= 0.6 is 22.6 Å². The molecular formula is C26H28FIN6O2. The van der Waals surface area contributed by atoms with Crippen molar-refractivity contribution in [1.82, 2.24) is 19.2 Å². The van der Waals surface area contributed by atoms with Gasteiger partial charge in [0.2, 0.25) is 5.95 Å². The molecule has 8 nitrogen and oxygen atoms in total. The molecule has 1 fully saturated rings. The van der Waals surface area contributed by atoms with Gasteiger partial charge >= 0.3 is 0 Å². The third-order valence-corrected chi connectivity index (χ3v) is 7.09. The molecule has 4 aromatic rings. The number of anilines is 2. The number of pyridine rings is 1. The van der Waals surface area contributed by atoms with Crippen molar-refractivity contribution in [3.63, 3.8) is 0 Å². The van der Waals surface area contributed by atoms with Gasteiger partial charge in [-0.25, -0.2) is 9.67 Å². The van der Waals surface area contributed by atoms with E-state index >= 15 is 0 Å². The van der Waals surface area contributed by atoms with Crippen molar-refractivity contribution in [2.45, 2.75) is 33.2 Å². The Bertz CT molecular complexity index is 1450. The summed E-state index contributed by atoms with van der Waals surface area (Å²) in [6, 6.07) is 7.85. The lowest BCUT2D eigenvalue weighted by atomic mass is 10.0. The summed E-state index contributed by atoms with van der Waals surface area (Å²) in [7, 11) is 0. The van der Waals surface area contributed by atoms with Gasteiger partial charge in [-0.05, 0) is 79.6 Å². The maximum Gasteiger partial charge on any atom is 0.261 e. The Hall–Kier alpha value is -2.99. The molecule has 0 radical (unpaired) electrons. The summed E-state index contributed by atoms with van der Waals surface area (Å²) in [6.45, 7) is 10.5. The average Bonchev–Trinajstić information content (AvgIpc) is 3.43. The number of nitrogens with one attached hydrogen (secondary N) is 1. The molecule has 0 unspecified atom stereocenters. The van der Waals surface area contributed by atoms with E-state index < -0.39 is 17.4 Å². The van der Waals surface area contributed by atoms with Crippen molar-refractivity contribution >= 4 is 45.5 Å². The van der Waals surface area contributed by atoms with Crippen LogP contribution in [0.25, 0.3) is 16.8 Å². The molecule has 0 bridgehead atoms. The molecule has 1 aliphatic heterocycles. The predicted molar refractivity (Wildman–Crippen MR) is 146 cm³/mol. The second-order valence-electron chi connectivity index (χ2n) is 9.90. The van der Waals surface area contributed by atoms with Crippen molar-refractivity contribution in [2.24, 2.45) is 0 Å². The third-order valence-electron chi connectivity index (χ3n) is 6.29. The van der Waals surface area contributed by atoms with Crippen molar-refractivity contribution in [1.29, 1.82) is 0 Å². The van der Waals surface area contributed by atoms with Gasteiger partial charge < -0.3 is 15.0 Å². The third kappa shape index (κ3) is 4.59. The van der Waals surface area contributed by atoms with Crippen LogP contribution in [0.1, 0.15) is 36.7 Å². The molecular weight excluding hydrogens is 574 g/mol. The zero-order chi connectivity index (χ0) is 25.6. The van der Waals surface area contributed by atoms with Gasteiger partial charge in [0, 0.05) is 30.5 Å². The van der Waals surface area contributed by atoms with E-state index in [1.165, 1.54) is 10.9 Å². The van der Waals surface area contributed by atoms with Crippen LogP contribution in [-0.2, 0) is 10.3 Å². The lowest BCUT2D eigenvalue weighted by molar-refractivity contribution is 0.102. The number of hydrogen-bond acceptors (Lipinski definition) is 5. The van der Waals surface area contributed by atoms with E-state index in [2.05, 4.69) is 59.6 Å². The van der Waals surface area contributed by atoms with Gasteiger partial charge in [0.05, 0.1) is 36.8 Å². The topological polar surface area (TPSA) is 76.7 Å². The van der Waals surface area contributed by atoms with Gasteiger partial charge in [0.25, 0.3) is 5.91 Å². The average molecular weight is 602 g/mol. The SMILES string of the molecule is Cc1ccc(NC(=O)c2cnn(C(C)(C)C)c2F)cc1-c1cc(N2CCOCC2)c2ncc(I)n2c1. The van der Waals surface area contributed by atoms with E-state index in [9.17, 15) is 9.18 Å². The Kier molecular flexibility index (Phi) is 6.50. The van der Waals surface area contributed by atoms with Crippen LogP contribution in [0.3, 0.4) is 0 Å². The van der Waals surface area contributed by atoms with Gasteiger partial charge in [-0.15, -0.1) is 0 Å². The molecule has 1 amide bonds. The molecule has 5 rings (SSSR count). The van der Waals surface area contributed by atoms with Crippen LogP contribution in [0.5, 0.6) is 0 Å². The van der Waals surface area contributed by atoms with E-state index in [1.54, 1.807) is 0 Å². The van der Waals surface area contributed by atoms with Gasteiger partial charge in [-0.2, -0.15) is 9.49 Å². The smallest absolute Gasteiger partial charge is 0.261 e. The largest absolute Gasteiger partial charge is 0.378 e. The van der Waals surface area contributed by atoms with Crippen molar-refractivity contribution < 1.29 is 13.9 Å². The second-order valence-corrected chi connectivity index (χ2v) is 11.0. The molecule has 1 aromatic carbocycles. The monoisotopic (exact) mass is 602 g/mol. The number of amides is 1. The molecule has 10 heteroatoms. The lowest BCUT2D eigenvalue weighted by Crippen LogP contribution is -2.36. The highest BCUT2D eigenvalue weighted by Crippen LogP contribution is 2.33. The number of aromatic nitrogens is 4. The minimum absolute atomic E-state index is 0.0870. The normalized spacial score (nSPS) is 14.4. The van der Waals surface area contributed by atoms with Crippen LogP contribution in [0.4, 0.5) is 15.8 Å². The molecule has 0 spiro atoms. The van der Waals surface area contributed by atoms with Gasteiger partial charge in [0.15, 0.2) is 5.65 Å². The number of nitrogens with zero attached hydrogens (tertiary/aromatic N) is 5. The first-order valence-electron chi connectivity index (χ1n) is 11.8. The van der Waals surface area contributed by atoms with Crippen LogP contribution in [-0.4, -0.2) is 51.4 Å². The summed E-state index contributed by atoms with van der Waals surface area (Å²) in [5, 5.41) is 6.92. The van der Waals surface area contributed by atoms with Crippen molar-refractivity contribution in [3.8, 4) is 11.1 Å². The first-order valence-corrected chi connectivity index (χ1v) is 12.9. The number of benzene rings is 1. The highest BCUT2D eigenvalue weighted by molar-refractivity contribution is 14.1. The fraction of sp³-hybridized carbons (Fsp3) is 0.346. The molecule has 1 saturated heterocycles. The van der Waals surface area contributed by atoms with Crippen LogP contribution in [0.2, 0.25) is 0 Å². The number of carbonyl (C=O) groups excluding carboxylic acids is 1. The summed E-state index contributed by atoms with van der Waals surface area (Å²) >= 11 is 2.28. The van der Waals surface area contributed by atoms with Gasteiger partial charge in [-0.3, -0.25) is 9.20 Å². The standard InChI is InChI=1S/C26H28FIN6O2/c1-16-5-6-18(31-25(35)20-13-30-34(23(20)27)26(2,3)4)12-19(16)17-11-21(32-7-9-36-10-8-32)24-29-14-22(28)33(24)15-17/h5-6,11-15H,7-10H2,1-4H3,(H,31,35). The quantitative estimate of drug-likeness (QED) is 0.330. The summed E-state index contributed by atoms with van der Waals surface area (Å²) in [6.07, 6.45) is 5.20. The number of carbonyl (C=O) groups is 1. The van der Waals surface area contributed by atoms with Crippen LogP contribution in [0.15, 0.2) is 42.9 Å². The Morgan fingerprint density at radius 2 is 1.92 bits per heavy atom. The molecule has 188 valence electrons. The predicted octanol–water partition coefficient (Wildman–Crippen LogP) is 5.09. The van der Waals surface area contributed by atoms with Gasteiger partial charge in [0.1, 0.15) is 9.26 Å². The Morgan fingerprint density at radius 3 is 2.61 bits per heavy atom. The highest BCUT2D eigenvalue weighted by Gasteiger charge is 2.25. The minimum atomic E-state index is -0.650. The highest BCUT2D eigenvalue weighted by atomic mass is 127. The zero-order valence-corrected chi connectivity index (χ0v) is 22.8. The number of aryl methyl sites for hydroxylation is 1. The number of ether oxygens (including phenoxy) is 1. The van der Waals surface area contributed by atoms with E-state index in [0.29, 0.717) is 18.9 Å². The summed E-state index contributed by atoms with van der Waals surface area (Å²) in [5.41, 5.74) is 4.90. The van der Waals surface area contributed by atoms with Crippen LogP contribution < -0.4 is 10.2 Å². The zero-order valence-electron chi connectivity index (χ0n) is 20.7. The molecule has 0 aliphatic carbocycles. The molecule has 0 saturated carbocycles. The Labute approximate surface area is 222 Å². The number of imidazole rings is 1. The fourth-order valence-corrected chi connectivity index (χ4v) is 4.89. The van der Waals surface area contributed by atoms with Crippen molar-refractivity contribution in [2.75, 3.05) is 36.5 Å². The Balaban J connectivity index is 1.51. The maximum absolute atomic E-state index is 14.9. The fourth-order valence-electron chi connectivity index (χ4n) is 4.39. The van der Waals surface area contributed by atoms with Crippen LogP contribution in [0, 0.1) is 16.6 Å². The first-order chi connectivity index (χ1) is 17.1. The number of hydrogen-bond donors (Lipinski definition) is 1. The van der Waals surface area contributed by atoms with E-state index in [1.807, 2.05) is 52.1 Å². The summed E-state index contributed by atoms with van der Waals surface area (Å²) < 4.78 is 24.7. The van der Waals surface area contributed by atoms with Crippen molar-refractivity contribution in [3.05, 3.63) is 63.6 Å². The molecule has 3 aromatic heterocycles. The summed E-state index contributed by atoms with van der Waals surface area (Å²) in [4.78, 5) is 19.9. The first kappa shape index (κ1) is 24.7. The second kappa shape index (κ2) is 9.47. The molecule has 1 aliphatic rings. The number of fused-ring (bicyclic) bond motifs is 1. The van der Waals surface area contributed by atoms with E-state index in [4.69, 9.17) is 4.74 Å². The number of halogens is 2.